The fourth-order valence-corrected chi connectivity index (χ4v) is 2.61. The maximum Gasteiger partial charge on any atom is 0.0635 e. The van der Waals surface area contributed by atoms with Gasteiger partial charge < -0.3 is 0 Å². The third-order valence-corrected chi connectivity index (χ3v) is 3.91. The first-order chi connectivity index (χ1) is 7.49. The lowest BCUT2D eigenvalue weighted by atomic mass is 9.81. The van der Waals surface area contributed by atoms with Crippen molar-refractivity contribution in [2.24, 2.45) is 11.3 Å². The summed E-state index contributed by atoms with van der Waals surface area (Å²) in [6.07, 6.45) is 3.28. The van der Waals surface area contributed by atoms with Crippen LogP contribution in [0.1, 0.15) is 40.0 Å². The minimum atomic E-state index is 0.307. The van der Waals surface area contributed by atoms with Crippen LogP contribution in [-0.4, -0.2) is 29.8 Å². The summed E-state index contributed by atoms with van der Waals surface area (Å²) in [5, 5.41) is 8.68. The van der Waals surface area contributed by atoms with Gasteiger partial charge in [0.15, 0.2) is 0 Å². The summed E-state index contributed by atoms with van der Waals surface area (Å²) in [6, 6.07) is 3.00. The molecule has 1 aliphatic carbocycles. The molecular weight excluding hydrogens is 216 g/mol. The zero-order valence-electron chi connectivity index (χ0n) is 10.7. The Morgan fingerprint density at radius 1 is 1.44 bits per heavy atom. The van der Waals surface area contributed by atoms with E-state index in [1.165, 1.54) is 12.8 Å². The van der Waals surface area contributed by atoms with Crippen LogP contribution in [0.15, 0.2) is 0 Å². The topological polar surface area (TPSA) is 27.0 Å². The van der Waals surface area contributed by atoms with E-state index in [-0.39, 0.29) is 0 Å². The van der Waals surface area contributed by atoms with Gasteiger partial charge in [0.2, 0.25) is 0 Å². The Labute approximate surface area is 105 Å². The normalized spacial score (nSPS) is 18.5. The Bertz CT molecular complexity index is 248. The van der Waals surface area contributed by atoms with Crippen molar-refractivity contribution in [3.8, 4) is 6.07 Å². The van der Waals surface area contributed by atoms with Gasteiger partial charge in [-0.3, -0.25) is 4.90 Å². The van der Waals surface area contributed by atoms with Crippen LogP contribution in [-0.2, 0) is 0 Å². The molecule has 1 fully saturated rings. The van der Waals surface area contributed by atoms with Crippen molar-refractivity contribution >= 4 is 12.6 Å². The average molecular weight is 240 g/mol. The molecule has 3 heteroatoms. The highest BCUT2D eigenvalue weighted by Crippen LogP contribution is 2.32. The molecular formula is C13H24N2S. The van der Waals surface area contributed by atoms with Gasteiger partial charge in [0, 0.05) is 25.6 Å². The van der Waals surface area contributed by atoms with Crippen molar-refractivity contribution in [1.82, 2.24) is 4.90 Å². The number of thiol groups is 1. The molecule has 0 amide bonds. The fraction of sp³-hybridized carbons (Fsp3) is 0.923. The Balaban J connectivity index is 2.49. The van der Waals surface area contributed by atoms with Crippen LogP contribution in [0.3, 0.4) is 0 Å². The molecule has 2 nitrogen and oxygen atoms in total. The van der Waals surface area contributed by atoms with Gasteiger partial charge in [0.25, 0.3) is 0 Å². The quantitative estimate of drug-likeness (QED) is 0.723. The molecule has 1 rings (SSSR count). The monoisotopic (exact) mass is 240 g/mol. The second kappa shape index (κ2) is 5.93. The molecule has 1 aliphatic rings. The lowest BCUT2D eigenvalue weighted by Crippen LogP contribution is -2.38. The molecule has 16 heavy (non-hydrogen) atoms. The minimum Gasteiger partial charge on any atom is -0.299 e. The van der Waals surface area contributed by atoms with Crippen molar-refractivity contribution in [2.75, 3.05) is 18.8 Å². The molecule has 0 saturated heterocycles. The Hall–Kier alpha value is -0.200. The van der Waals surface area contributed by atoms with Crippen LogP contribution in [0, 0.1) is 22.7 Å². The van der Waals surface area contributed by atoms with Crippen molar-refractivity contribution in [2.45, 2.75) is 46.1 Å². The van der Waals surface area contributed by atoms with Gasteiger partial charge in [-0.05, 0) is 29.9 Å². The molecule has 0 N–H and O–H groups in total. The second-order valence-corrected chi connectivity index (χ2v) is 6.24. The maximum atomic E-state index is 8.68. The predicted octanol–water partition coefficient (Wildman–Crippen LogP) is 2.96. The zero-order valence-corrected chi connectivity index (χ0v) is 11.6. The summed E-state index contributed by atoms with van der Waals surface area (Å²) < 4.78 is 0. The van der Waals surface area contributed by atoms with Crippen LogP contribution in [0.25, 0.3) is 0 Å². The van der Waals surface area contributed by atoms with E-state index >= 15 is 0 Å². The first-order valence-electron chi connectivity index (χ1n) is 6.21. The van der Waals surface area contributed by atoms with Crippen LogP contribution in [0.4, 0.5) is 0 Å². The number of nitriles is 1. The Morgan fingerprint density at radius 3 is 2.44 bits per heavy atom. The van der Waals surface area contributed by atoms with Gasteiger partial charge in [0.1, 0.15) is 0 Å². The minimum absolute atomic E-state index is 0.307. The molecule has 0 aromatic carbocycles. The van der Waals surface area contributed by atoms with Crippen LogP contribution in [0.2, 0.25) is 0 Å². The summed E-state index contributed by atoms with van der Waals surface area (Å²) in [4.78, 5) is 2.50. The Morgan fingerprint density at radius 2 is 2.06 bits per heavy atom. The standard InChI is InChI=1S/C13H24N2S/c1-13(2,3)11(10-16)9-15(8-4-7-14)12-5-6-12/h11-12,16H,4-6,8-10H2,1-3H3. The van der Waals surface area contributed by atoms with E-state index in [0.717, 1.165) is 24.9 Å². The lowest BCUT2D eigenvalue weighted by Gasteiger charge is -2.34. The highest BCUT2D eigenvalue weighted by Gasteiger charge is 2.33. The van der Waals surface area contributed by atoms with E-state index in [2.05, 4.69) is 44.4 Å². The van der Waals surface area contributed by atoms with E-state index in [1.807, 2.05) is 0 Å². The van der Waals surface area contributed by atoms with Gasteiger partial charge in [0.05, 0.1) is 6.07 Å². The molecule has 0 spiro atoms. The third-order valence-electron chi connectivity index (χ3n) is 3.47. The Kier molecular flexibility index (Phi) is 5.14. The summed E-state index contributed by atoms with van der Waals surface area (Å²) in [6.45, 7) is 8.87. The van der Waals surface area contributed by atoms with Gasteiger partial charge in [-0.1, -0.05) is 20.8 Å². The lowest BCUT2D eigenvalue weighted by molar-refractivity contribution is 0.161. The van der Waals surface area contributed by atoms with Crippen molar-refractivity contribution in [3.63, 3.8) is 0 Å². The number of rotatable bonds is 6. The number of hydrogen-bond donors (Lipinski definition) is 1. The first-order valence-corrected chi connectivity index (χ1v) is 6.84. The molecule has 0 aromatic heterocycles. The van der Waals surface area contributed by atoms with Gasteiger partial charge >= 0.3 is 0 Å². The van der Waals surface area contributed by atoms with Gasteiger partial charge in [-0.2, -0.15) is 17.9 Å². The van der Waals surface area contributed by atoms with E-state index in [0.29, 0.717) is 17.8 Å². The van der Waals surface area contributed by atoms with Crippen molar-refractivity contribution in [1.29, 1.82) is 5.26 Å². The fourth-order valence-electron chi connectivity index (χ4n) is 1.94. The highest BCUT2D eigenvalue weighted by molar-refractivity contribution is 7.80. The van der Waals surface area contributed by atoms with E-state index in [4.69, 9.17) is 5.26 Å². The van der Waals surface area contributed by atoms with Crippen LogP contribution in [0.5, 0.6) is 0 Å². The van der Waals surface area contributed by atoms with Crippen LogP contribution < -0.4 is 0 Å². The largest absolute Gasteiger partial charge is 0.299 e. The smallest absolute Gasteiger partial charge is 0.0635 e. The summed E-state index contributed by atoms with van der Waals surface area (Å²) in [5.41, 5.74) is 0.307. The number of hydrogen-bond acceptors (Lipinski definition) is 3. The second-order valence-electron chi connectivity index (χ2n) is 5.88. The molecule has 0 heterocycles. The molecule has 1 saturated carbocycles. The molecule has 92 valence electrons. The number of nitrogens with zero attached hydrogens (tertiary/aromatic N) is 2. The molecule has 0 bridgehead atoms. The van der Waals surface area contributed by atoms with E-state index < -0.39 is 0 Å². The first kappa shape index (κ1) is 13.9. The maximum absolute atomic E-state index is 8.68. The summed E-state index contributed by atoms with van der Waals surface area (Å²) in [5.74, 6) is 1.54. The predicted molar refractivity (Wildman–Crippen MR) is 71.6 cm³/mol. The van der Waals surface area contributed by atoms with Crippen molar-refractivity contribution < 1.29 is 0 Å². The van der Waals surface area contributed by atoms with Crippen molar-refractivity contribution in [3.05, 3.63) is 0 Å². The van der Waals surface area contributed by atoms with Crippen LogP contribution >= 0.6 is 12.6 Å². The average Bonchev–Trinajstić information content (AvgIpc) is 3.00. The molecule has 1 atom stereocenters. The van der Waals surface area contributed by atoms with E-state index in [9.17, 15) is 0 Å². The molecule has 0 aromatic rings. The SMILES string of the molecule is CC(C)(C)C(CS)CN(CCC#N)C1CC1. The van der Waals surface area contributed by atoms with Gasteiger partial charge in [-0.25, -0.2) is 0 Å². The highest BCUT2D eigenvalue weighted by atomic mass is 32.1. The van der Waals surface area contributed by atoms with Gasteiger partial charge in [-0.15, -0.1) is 0 Å². The molecule has 0 radical (unpaired) electrons. The van der Waals surface area contributed by atoms with E-state index in [1.54, 1.807) is 0 Å². The third kappa shape index (κ3) is 4.35. The molecule has 1 unspecified atom stereocenters. The summed E-state index contributed by atoms with van der Waals surface area (Å²) >= 11 is 4.47. The summed E-state index contributed by atoms with van der Waals surface area (Å²) in [7, 11) is 0. The molecule has 0 aliphatic heterocycles. The zero-order chi connectivity index (χ0) is 12.2.